The van der Waals surface area contributed by atoms with Crippen LogP contribution in [0.5, 0.6) is 0 Å². The van der Waals surface area contributed by atoms with Crippen LogP contribution in [-0.4, -0.2) is 44.8 Å². The Bertz CT molecular complexity index is 1250. The molecular weight excluding hydrogens is 428 g/mol. The highest BCUT2D eigenvalue weighted by atomic mass is 32.2. The van der Waals surface area contributed by atoms with Crippen LogP contribution in [0.4, 0.5) is 5.69 Å². The lowest BCUT2D eigenvalue weighted by molar-refractivity contribution is -0.120. The molecule has 3 aromatic rings. The molecule has 0 spiro atoms. The second-order valence-corrected chi connectivity index (χ2v) is 9.71. The number of ether oxygens (including phenoxy) is 1. The van der Waals surface area contributed by atoms with Crippen molar-refractivity contribution in [2.75, 3.05) is 25.5 Å². The van der Waals surface area contributed by atoms with Crippen LogP contribution in [0.25, 0.3) is 10.8 Å². The monoisotopic (exact) mass is 452 g/mol. The van der Waals surface area contributed by atoms with Gasteiger partial charge in [0.1, 0.15) is 0 Å². The summed E-state index contributed by atoms with van der Waals surface area (Å²) in [5.74, 6) is -1.15. The standard InChI is InChI=1S/C24H24N2O5S/c1-31-24(28)18-8-11-21(12-9-18)25-23(27)20-7-4-14-26(16-20)32(29,30)22-13-10-17-5-2-3-6-19(17)15-22/h2-3,5-6,8-13,15,20H,4,7,14,16H2,1H3,(H,25,27)/t20-/m1/s1. The molecule has 1 atom stereocenters. The molecule has 1 aliphatic rings. The summed E-state index contributed by atoms with van der Waals surface area (Å²) in [6.07, 6.45) is 1.21. The van der Waals surface area contributed by atoms with Gasteiger partial charge in [0.25, 0.3) is 0 Å². The molecule has 0 radical (unpaired) electrons. The molecule has 3 aromatic carbocycles. The predicted molar refractivity (Wildman–Crippen MR) is 122 cm³/mol. The average molecular weight is 453 g/mol. The zero-order valence-electron chi connectivity index (χ0n) is 17.7. The van der Waals surface area contributed by atoms with Crippen molar-refractivity contribution in [1.29, 1.82) is 0 Å². The molecule has 0 unspecified atom stereocenters. The quantitative estimate of drug-likeness (QED) is 0.597. The van der Waals surface area contributed by atoms with E-state index in [0.717, 1.165) is 10.8 Å². The number of rotatable bonds is 5. The van der Waals surface area contributed by atoms with E-state index < -0.39 is 21.9 Å². The van der Waals surface area contributed by atoms with Gasteiger partial charge in [-0.15, -0.1) is 0 Å². The zero-order valence-corrected chi connectivity index (χ0v) is 18.5. The Balaban J connectivity index is 1.47. The van der Waals surface area contributed by atoms with Crippen LogP contribution in [0.3, 0.4) is 0 Å². The number of sulfonamides is 1. The molecular formula is C24H24N2O5S. The predicted octanol–water partition coefficient (Wildman–Crippen LogP) is 3.67. The molecule has 0 aliphatic carbocycles. The van der Waals surface area contributed by atoms with Crippen molar-refractivity contribution < 1.29 is 22.7 Å². The number of anilines is 1. The van der Waals surface area contributed by atoms with Crippen LogP contribution in [0.1, 0.15) is 23.2 Å². The van der Waals surface area contributed by atoms with Gasteiger partial charge in [-0.1, -0.05) is 30.3 Å². The van der Waals surface area contributed by atoms with E-state index in [1.54, 1.807) is 42.5 Å². The largest absolute Gasteiger partial charge is 0.465 e. The molecule has 8 heteroatoms. The van der Waals surface area contributed by atoms with Crippen molar-refractivity contribution in [3.63, 3.8) is 0 Å². The molecule has 0 saturated carbocycles. The van der Waals surface area contributed by atoms with Gasteiger partial charge in [0, 0.05) is 18.8 Å². The van der Waals surface area contributed by atoms with Gasteiger partial charge in [-0.3, -0.25) is 4.79 Å². The normalized spacial score (nSPS) is 17.1. The summed E-state index contributed by atoms with van der Waals surface area (Å²) in [5.41, 5.74) is 0.924. The molecule has 1 amide bonds. The number of nitrogens with zero attached hydrogens (tertiary/aromatic N) is 1. The first-order valence-electron chi connectivity index (χ1n) is 10.4. The number of carbonyl (C=O) groups excluding carboxylic acids is 2. The minimum absolute atomic E-state index is 0.126. The molecule has 4 rings (SSSR count). The van der Waals surface area contributed by atoms with E-state index in [-0.39, 0.29) is 17.3 Å². The van der Waals surface area contributed by atoms with Gasteiger partial charge in [-0.2, -0.15) is 4.31 Å². The number of benzene rings is 3. The molecule has 1 N–H and O–H groups in total. The van der Waals surface area contributed by atoms with Crippen molar-refractivity contribution in [3.05, 3.63) is 72.3 Å². The highest BCUT2D eigenvalue weighted by molar-refractivity contribution is 7.89. The topological polar surface area (TPSA) is 92.8 Å². The van der Waals surface area contributed by atoms with Crippen molar-refractivity contribution in [2.24, 2.45) is 5.92 Å². The van der Waals surface area contributed by atoms with E-state index >= 15 is 0 Å². The summed E-state index contributed by atoms with van der Waals surface area (Å²) in [6, 6.07) is 19.1. The minimum atomic E-state index is -3.71. The van der Waals surface area contributed by atoms with E-state index in [1.807, 2.05) is 24.3 Å². The lowest BCUT2D eigenvalue weighted by atomic mass is 9.98. The maximum absolute atomic E-state index is 13.2. The highest BCUT2D eigenvalue weighted by Crippen LogP contribution is 2.27. The smallest absolute Gasteiger partial charge is 0.337 e. The Labute approximate surface area is 187 Å². The molecule has 0 bridgehead atoms. The number of methoxy groups -OCH3 is 1. The van der Waals surface area contributed by atoms with Gasteiger partial charge in [-0.05, 0) is 60.0 Å². The average Bonchev–Trinajstić information content (AvgIpc) is 2.83. The highest BCUT2D eigenvalue weighted by Gasteiger charge is 2.33. The first-order valence-corrected chi connectivity index (χ1v) is 11.8. The second-order valence-electron chi connectivity index (χ2n) is 7.77. The summed E-state index contributed by atoms with van der Waals surface area (Å²) in [6.45, 7) is 0.508. The number of piperidine rings is 1. The molecule has 32 heavy (non-hydrogen) atoms. The van der Waals surface area contributed by atoms with Gasteiger partial charge < -0.3 is 10.1 Å². The Kier molecular flexibility index (Phi) is 6.25. The molecule has 1 heterocycles. The second kappa shape index (κ2) is 9.10. The molecule has 1 saturated heterocycles. The van der Waals surface area contributed by atoms with Crippen LogP contribution in [0.15, 0.2) is 71.6 Å². The third-order valence-electron chi connectivity index (χ3n) is 5.69. The van der Waals surface area contributed by atoms with Gasteiger partial charge in [0.05, 0.1) is 23.5 Å². The lowest BCUT2D eigenvalue weighted by Gasteiger charge is -2.31. The molecule has 7 nitrogen and oxygen atoms in total. The maximum atomic E-state index is 13.2. The van der Waals surface area contributed by atoms with Gasteiger partial charge in [0.2, 0.25) is 15.9 Å². The number of hydrogen-bond donors (Lipinski definition) is 1. The van der Waals surface area contributed by atoms with Gasteiger partial charge in [-0.25, -0.2) is 13.2 Å². The first kappa shape index (κ1) is 22.0. The lowest BCUT2D eigenvalue weighted by Crippen LogP contribution is -2.43. The zero-order chi connectivity index (χ0) is 22.7. The van der Waals surface area contributed by atoms with Crippen molar-refractivity contribution in [3.8, 4) is 0 Å². The van der Waals surface area contributed by atoms with Crippen molar-refractivity contribution in [2.45, 2.75) is 17.7 Å². The summed E-state index contributed by atoms with van der Waals surface area (Å²) < 4.78 is 32.5. The van der Waals surface area contributed by atoms with Crippen LogP contribution >= 0.6 is 0 Å². The number of carbonyl (C=O) groups is 2. The Morgan fingerprint density at radius 1 is 1.00 bits per heavy atom. The Hall–Kier alpha value is -3.23. The Morgan fingerprint density at radius 2 is 1.72 bits per heavy atom. The fourth-order valence-electron chi connectivity index (χ4n) is 3.90. The van der Waals surface area contributed by atoms with E-state index in [0.29, 0.717) is 30.6 Å². The SMILES string of the molecule is COC(=O)c1ccc(NC(=O)[C@@H]2CCCN(S(=O)(=O)c3ccc4ccccc4c3)C2)cc1. The van der Waals surface area contributed by atoms with Crippen LogP contribution in [0.2, 0.25) is 0 Å². The molecule has 1 fully saturated rings. The summed E-state index contributed by atoms with van der Waals surface area (Å²) in [5, 5.41) is 4.65. The van der Waals surface area contributed by atoms with Crippen molar-refractivity contribution in [1.82, 2.24) is 4.31 Å². The third kappa shape index (κ3) is 4.51. The van der Waals surface area contributed by atoms with Crippen LogP contribution < -0.4 is 5.32 Å². The number of esters is 1. The number of amides is 1. The fourth-order valence-corrected chi connectivity index (χ4v) is 5.46. The van der Waals surface area contributed by atoms with E-state index in [2.05, 4.69) is 10.1 Å². The van der Waals surface area contributed by atoms with E-state index in [1.165, 1.54) is 11.4 Å². The number of nitrogens with one attached hydrogen (secondary N) is 1. The number of hydrogen-bond acceptors (Lipinski definition) is 5. The third-order valence-corrected chi connectivity index (χ3v) is 7.55. The van der Waals surface area contributed by atoms with Gasteiger partial charge in [0.15, 0.2) is 0 Å². The van der Waals surface area contributed by atoms with E-state index in [9.17, 15) is 18.0 Å². The van der Waals surface area contributed by atoms with Gasteiger partial charge >= 0.3 is 5.97 Å². The first-order chi connectivity index (χ1) is 15.4. The summed E-state index contributed by atoms with van der Waals surface area (Å²) in [7, 11) is -2.40. The molecule has 0 aromatic heterocycles. The molecule has 166 valence electrons. The van der Waals surface area contributed by atoms with E-state index in [4.69, 9.17) is 0 Å². The summed E-state index contributed by atoms with van der Waals surface area (Å²) in [4.78, 5) is 24.6. The minimum Gasteiger partial charge on any atom is -0.465 e. The van der Waals surface area contributed by atoms with Crippen molar-refractivity contribution >= 4 is 38.4 Å². The molecule has 1 aliphatic heterocycles. The fraction of sp³-hybridized carbons (Fsp3) is 0.250. The van der Waals surface area contributed by atoms with Crippen LogP contribution in [-0.2, 0) is 19.6 Å². The Morgan fingerprint density at radius 3 is 2.44 bits per heavy atom. The number of fused-ring (bicyclic) bond motifs is 1. The maximum Gasteiger partial charge on any atom is 0.337 e. The van der Waals surface area contributed by atoms with Crippen LogP contribution in [0, 0.1) is 5.92 Å². The summed E-state index contributed by atoms with van der Waals surface area (Å²) >= 11 is 0.